The van der Waals surface area contributed by atoms with Crippen molar-refractivity contribution in [1.82, 2.24) is 10.5 Å². The van der Waals surface area contributed by atoms with E-state index in [-0.39, 0.29) is 22.4 Å². The van der Waals surface area contributed by atoms with Gasteiger partial charge in [-0.15, -0.1) is 11.3 Å². The Morgan fingerprint density at radius 3 is 2.79 bits per heavy atom. The fourth-order valence-electron chi connectivity index (χ4n) is 1.34. The van der Waals surface area contributed by atoms with Crippen molar-refractivity contribution in [2.45, 2.75) is 17.7 Å². The quantitative estimate of drug-likeness (QED) is 0.859. The fraction of sp³-hybridized carbons (Fsp3) is 0.200. The molecule has 0 bridgehead atoms. The Bertz CT molecular complexity index is 702. The molecule has 2 rings (SSSR count). The van der Waals surface area contributed by atoms with Crippen LogP contribution in [0.2, 0.25) is 0 Å². The third kappa shape index (κ3) is 3.40. The number of sulfonamides is 1. The molecule has 0 radical (unpaired) electrons. The van der Waals surface area contributed by atoms with E-state index in [9.17, 15) is 13.2 Å². The second-order valence-corrected chi connectivity index (χ2v) is 6.73. The van der Waals surface area contributed by atoms with E-state index in [1.54, 1.807) is 13.0 Å². The van der Waals surface area contributed by atoms with Crippen LogP contribution >= 0.6 is 11.3 Å². The lowest BCUT2D eigenvalue weighted by molar-refractivity contribution is 0.0942. The van der Waals surface area contributed by atoms with Crippen LogP contribution in [0.3, 0.4) is 0 Å². The number of nitrogens with two attached hydrogens (primary N) is 1. The number of amides is 1. The van der Waals surface area contributed by atoms with Crippen LogP contribution in [0.4, 0.5) is 0 Å². The third-order valence-electron chi connectivity index (χ3n) is 2.20. The molecular weight excluding hydrogens is 290 g/mol. The zero-order valence-electron chi connectivity index (χ0n) is 9.91. The molecule has 19 heavy (non-hydrogen) atoms. The molecule has 0 aliphatic heterocycles. The van der Waals surface area contributed by atoms with Gasteiger partial charge in [-0.05, 0) is 19.1 Å². The maximum Gasteiger partial charge on any atom is 0.273 e. The lowest BCUT2D eigenvalue weighted by atomic mass is 10.3. The van der Waals surface area contributed by atoms with Crippen molar-refractivity contribution in [3.05, 3.63) is 34.5 Å². The smallest absolute Gasteiger partial charge is 0.273 e. The maximum atomic E-state index is 11.7. The number of carbonyl (C=O) groups excluding carboxylic acids is 1. The standard InChI is InChI=1S/C10H11N3O4S2/c1-6-4-8(13-17-6)10(14)12-5-7-2-3-9(18-7)19(11,15)16/h2-4H,5H2,1H3,(H,12,14)(H2,11,15,16). The second kappa shape index (κ2) is 5.11. The molecule has 0 saturated heterocycles. The molecule has 9 heteroatoms. The molecule has 0 aliphatic rings. The third-order valence-corrected chi connectivity index (χ3v) is 4.72. The minimum atomic E-state index is -3.69. The number of hydrogen-bond donors (Lipinski definition) is 2. The molecule has 2 aromatic heterocycles. The molecular formula is C10H11N3O4S2. The minimum Gasteiger partial charge on any atom is -0.361 e. The van der Waals surface area contributed by atoms with Crippen LogP contribution < -0.4 is 10.5 Å². The zero-order valence-corrected chi connectivity index (χ0v) is 11.5. The van der Waals surface area contributed by atoms with Gasteiger partial charge in [-0.25, -0.2) is 13.6 Å². The van der Waals surface area contributed by atoms with Gasteiger partial charge in [-0.1, -0.05) is 5.16 Å². The van der Waals surface area contributed by atoms with Crippen LogP contribution in [0, 0.1) is 6.92 Å². The summed E-state index contributed by atoms with van der Waals surface area (Å²) in [4.78, 5) is 12.3. The van der Waals surface area contributed by atoms with E-state index in [0.717, 1.165) is 11.3 Å². The average molecular weight is 301 g/mol. The molecule has 0 saturated carbocycles. The molecule has 3 N–H and O–H groups in total. The number of thiophene rings is 1. The molecule has 1 amide bonds. The van der Waals surface area contributed by atoms with Gasteiger partial charge in [0, 0.05) is 10.9 Å². The Kier molecular flexibility index (Phi) is 3.69. The van der Waals surface area contributed by atoms with Gasteiger partial charge >= 0.3 is 0 Å². The topological polar surface area (TPSA) is 115 Å². The van der Waals surface area contributed by atoms with Crippen LogP contribution in [0.5, 0.6) is 0 Å². The van der Waals surface area contributed by atoms with Crippen molar-refractivity contribution in [1.29, 1.82) is 0 Å². The first-order valence-corrected chi connectivity index (χ1v) is 7.55. The highest BCUT2D eigenvalue weighted by Crippen LogP contribution is 2.20. The fourth-order valence-corrected chi connectivity index (χ4v) is 3.06. The van der Waals surface area contributed by atoms with Crippen molar-refractivity contribution in [3.63, 3.8) is 0 Å². The Labute approximate surface area is 113 Å². The summed E-state index contributed by atoms with van der Waals surface area (Å²) in [5.74, 6) is 0.153. The van der Waals surface area contributed by atoms with Gasteiger partial charge in [0.25, 0.3) is 5.91 Å². The predicted molar refractivity (Wildman–Crippen MR) is 68.1 cm³/mol. The average Bonchev–Trinajstić information content (AvgIpc) is 2.93. The number of primary sulfonamides is 1. The molecule has 0 unspecified atom stereocenters. The number of aryl methyl sites for hydroxylation is 1. The monoisotopic (exact) mass is 301 g/mol. The van der Waals surface area contributed by atoms with E-state index in [1.165, 1.54) is 12.1 Å². The van der Waals surface area contributed by atoms with E-state index in [1.807, 2.05) is 0 Å². The molecule has 2 heterocycles. The van der Waals surface area contributed by atoms with Crippen LogP contribution in [0.1, 0.15) is 21.1 Å². The first kappa shape index (κ1) is 13.7. The van der Waals surface area contributed by atoms with Crippen LogP contribution in [-0.4, -0.2) is 19.5 Å². The van der Waals surface area contributed by atoms with Crippen molar-refractivity contribution in [2.24, 2.45) is 5.14 Å². The Morgan fingerprint density at radius 1 is 1.53 bits per heavy atom. The first-order chi connectivity index (χ1) is 8.86. The van der Waals surface area contributed by atoms with E-state index in [0.29, 0.717) is 10.6 Å². The SMILES string of the molecule is Cc1cc(C(=O)NCc2ccc(S(N)(=O)=O)s2)no1. The molecule has 102 valence electrons. The van der Waals surface area contributed by atoms with E-state index in [4.69, 9.17) is 9.66 Å². The van der Waals surface area contributed by atoms with Gasteiger partial charge in [0.1, 0.15) is 9.97 Å². The van der Waals surface area contributed by atoms with Crippen molar-refractivity contribution in [2.75, 3.05) is 0 Å². The lowest BCUT2D eigenvalue weighted by Gasteiger charge is -1.99. The summed E-state index contributed by atoms with van der Waals surface area (Å²) in [6.45, 7) is 1.88. The van der Waals surface area contributed by atoms with Gasteiger partial charge < -0.3 is 9.84 Å². The number of nitrogens with one attached hydrogen (secondary N) is 1. The molecule has 2 aromatic rings. The van der Waals surface area contributed by atoms with Gasteiger partial charge in [0.2, 0.25) is 10.0 Å². The predicted octanol–water partition coefficient (Wildman–Crippen LogP) is 0.622. The largest absolute Gasteiger partial charge is 0.361 e. The highest BCUT2D eigenvalue weighted by atomic mass is 32.2. The molecule has 0 aromatic carbocycles. The molecule has 0 aliphatic carbocycles. The number of carbonyl (C=O) groups is 1. The second-order valence-electron chi connectivity index (χ2n) is 3.77. The van der Waals surface area contributed by atoms with E-state index < -0.39 is 10.0 Å². The summed E-state index contributed by atoms with van der Waals surface area (Å²) in [5, 5.41) is 11.2. The highest BCUT2D eigenvalue weighted by molar-refractivity contribution is 7.91. The summed E-state index contributed by atoms with van der Waals surface area (Å²) in [6.07, 6.45) is 0. The van der Waals surface area contributed by atoms with E-state index in [2.05, 4.69) is 10.5 Å². The number of nitrogens with zero attached hydrogens (tertiary/aromatic N) is 1. The van der Waals surface area contributed by atoms with Gasteiger partial charge in [0.15, 0.2) is 5.69 Å². The van der Waals surface area contributed by atoms with E-state index >= 15 is 0 Å². The Morgan fingerprint density at radius 2 is 2.26 bits per heavy atom. The van der Waals surface area contributed by atoms with Crippen LogP contribution in [0.25, 0.3) is 0 Å². The summed E-state index contributed by atoms with van der Waals surface area (Å²) in [6, 6.07) is 4.51. The molecule has 0 atom stereocenters. The Hall–Kier alpha value is -1.71. The normalized spacial score (nSPS) is 11.5. The van der Waals surface area contributed by atoms with Crippen LogP contribution in [0.15, 0.2) is 26.9 Å². The number of rotatable bonds is 4. The summed E-state index contributed by atoms with van der Waals surface area (Å²) in [5.41, 5.74) is 0.181. The van der Waals surface area contributed by atoms with Crippen molar-refractivity contribution < 1.29 is 17.7 Å². The molecule has 0 fully saturated rings. The van der Waals surface area contributed by atoms with Gasteiger partial charge in [0.05, 0.1) is 6.54 Å². The number of aromatic nitrogens is 1. The number of hydrogen-bond acceptors (Lipinski definition) is 6. The Balaban J connectivity index is 1.99. The van der Waals surface area contributed by atoms with Crippen molar-refractivity contribution >= 4 is 27.3 Å². The zero-order chi connectivity index (χ0) is 14.0. The molecule has 0 spiro atoms. The molecule has 7 nitrogen and oxygen atoms in total. The minimum absolute atomic E-state index is 0.0639. The van der Waals surface area contributed by atoms with Crippen LogP contribution in [-0.2, 0) is 16.6 Å². The lowest BCUT2D eigenvalue weighted by Crippen LogP contribution is -2.22. The highest BCUT2D eigenvalue weighted by Gasteiger charge is 2.13. The summed E-state index contributed by atoms with van der Waals surface area (Å²) in [7, 11) is -3.69. The summed E-state index contributed by atoms with van der Waals surface area (Å²) >= 11 is 1.01. The summed E-state index contributed by atoms with van der Waals surface area (Å²) < 4.78 is 27.0. The van der Waals surface area contributed by atoms with Crippen molar-refractivity contribution in [3.8, 4) is 0 Å². The van der Waals surface area contributed by atoms with Gasteiger partial charge in [-0.2, -0.15) is 0 Å². The maximum absolute atomic E-state index is 11.7. The first-order valence-electron chi connectivity index (χ1n) is 5.19. The van der Waals surface area contributed by atoms with Gasteiger partial charge in [-0.3, -0.25) is 4.79 Å².